The molecule has 0 aliphatic heterocycles. The Balaban J connectivity index is 2.73. The van der Waals surface area contributed by atoms with Crippen molar-refractivity contribution in [3.63, 3.8) is 0 Å². The predicted octanol–water partition coefficient (Wildman–Crippen LogP) is 2.00. The molecule has 1 heterocycles. The van der Waals surface area contributed by atoms with Crippen molar-refractivity contribution in [2.45, 2.75) is 19.4 Å². The molecule has 94 valence electrons. The van der Waals surface area contributed by atoms with Crippen LogP contribution < -0.4 is 5.73 Å². The Morgan fingerprint density at radius 3 is 2.88 bits per heavy atom. The summed E-state index contributed by atoms with van der Waals surface area (Å²) in [5.74, 6) is -0.0716. The third-order valence-electron chi connectivity index (χ3n) is 2.43. The van der Waals surface area contributed by atoms with E-state index in [-0.39, 0.29) is 17.8 Å². The molecule has 1 aromatic rings. The number of hydrogen-bond acceptors (Lipinski definition) is 4. The Morgan fingerprint density at radius 2 is 2.41 bits per heavy atom. The highest BCUT2D eigenvalue weighted by Crippen LogP contribution is 2.24. The zero-order chi connectivity index (χ0) is 13.0. The molecule has 0 aliphatic rings. The van der Waals surface area contributed by atoms with Gasteiger partial charge in [-0.2, -0.15) is 0 Å². The van der Waals surface area contributed by atoms with Gasteiger partial charge in [-0.05, 0) is 18.4 Å². The number of rotatable bonds is 4. The van der Waals surface area contributed by atoms with Crippen molar-refractivity contribution in [2.24, 2.45) is 10.9 Å². The van der Waals surface area contributed by atoms with Gasteiger partial charge in [0.05, 0.1) is 5.02 Å². The Morgan fingerprint density at radius 1 is 1.76 bits per heavy atom. The highest BCUT2D eigenvalue weighted by Gasteiger charge is 2.21. The molecule has 5 nitrogen and oxygen atoms in total. The molecule has 0 spiro atoms. The lowest BCUT2D eigenvalue weighted by atomic mass is 10.2. The summed E-state index contributed by atoms with van der Waals surface area (Å²) in [6.07, 6.45) is 0.307. The van der Waals surface area contributed by atoms with E-state index in [2.05, 4.69) is 5.16 Å². The Bertz CT molecular complexity index is 433. The summed E-state index contributed by atoms with van der Waals surface area (Å²) in [4.78, 5) is 14.1. The average molecular weight is 276 g/mol. The maximum Gasteiger partial charge on any atom is 0.265 e. The minimum absolute atomic E-state index is 0.0921. The lowest BCUT2D eigenvalue weighted by Crippen LogP contribution is -2.37. The number of carbonyl (C=O) groups is 1. The minimum atomic E-state index is -0.170. The van der Waals surface area contributed by atoms with Crippen molar-refractivity contribution in [3.05, 3.63) is 21.3 Å². The Hall–Kier alpha value is -1.27. The SMILES string of the molecule is CC(C/C(N)=N/O)N(C)C(=O)c1sccc1Cl. The van der Waals surface area contributed by atoms with Crippen molar-refractivity contribution in [1.29, 1.82) is 0 Å². The molecular weight excluding hydrogens is 262 g/mol. The number of thiophene rings is 1. The van der Waals surface area contributed by atoms with Gasteiger partial charge in [-0.1, -0.05) is 16.8 Å². The van der Waals surface area contributed by atoms with E-state index in [1.807, 2.05) is 6.92 Å². The van der Waals surface area contributed by atoms with Crippen LogP contribution in [0.25, 0.3) is 0 Å². The summed E-state index contributed by atoms with van der Waals surface area (Å²) in [6.45, 7) is 1.82. The van der Waals surface area contributed by atoms with Crippen LogP contribution in [0.1, 0.15) is 23.0 Å². The van der Waals surface area contributed by atoms with Gasteiger partial charge in [0.25, 0.3) is 5.91 Å². The molecule has 1 unspecified atom stereocenters. The monoisotopic (exact) mass is 275 g/mol. The molecule has 17 heavy (non-hydrogen) atoms. The van der Waals surface area contributed by atoms with Gasteiger partial charge in [0.1, 0.15) is 10.7 Å². The summed E-state index contributed by atoms with van der Waals surface area (Å²) in [5, 5.41) is 13.6. The van der Waals surface area contributed by atoms with Gasteiger partial charge in [-0.15, -0.1) is 11.3 Å². The van der Waals surface area contributed by atoms with Crippen molar-refractivity contribution >= 4 is 34.7 Å². The van der Waals surface area contributed by atoms with Crippen LogP contribution in [0.3, 0.4) is 0 Å². The number of nitrogens with zero attached hydrogens (tertiary/aromatic N) is 2. The number of nitrogens with two attached hydrogens (primary N) is 1. The zero-order valence-corrected chi connectivity index (χ0v) is 11.1. The van der Waals surface area contributed by atoms with E-state index in [0.29, 0.717) is 16.3 Å². The first-order chi connectivity index (χ1) is 7.97. The third kappa shape index (κ3) is 3.34. The Labute approximate surface area is 108 Å². The summed E-state index contributed by atoms with van der Waals surface area (Å²) in [7, 11) is 1.66. The molecule has 0 bridgehead atoms. The predicted molar refractivity (Wildman–Crippen MR) is 68.9 cm³/mol. The van der Waals surface area contributed by atoms with Crippen LogP contribution in [-0.2, 0) is 0 Å². The van der Waals surface area contributed by atoms with Gasteiger partial charge in [0.2, 0.25) is 0 Å². The standard InChI is InChI=1S/C10H14ClN3O2S/c1-6(5-8(12)13-16)14(2)10(15)9-7(11)3-4-17-9/h3-4,6,16H,5H2,1-2H3,(H2,12,13). The molecule has 0 saturated carbocycles. The first-order valence-electron chi connectivity index (χ1n) is 4.94. The minimum Gasteiger partial charge on any atom is -0.409 e. The molecule has 1 rings (SSSR count). The number of oxime groups is 1. The number of halogens is 1. The first kappa shape index (κ1) is 13.8. The molecule has 1 aromatic heterocycles. The smallest absolute Gasteiger partial charge is 0.265 e. The van der Waals surface area contributed by atoms with Crippen LogP contribution >= 0.6 is 22.9 Å². The molecule has 1 amide bonds. The fourth-order valence-corrected chi connectivity index (χ4v) is 2.40. The molecule has 3 N–H and O–H groups in total. The normalized spacial score (nSPS) is 13.5. The van der Waals surface area contributed by atoms with Gasteiger partial charge >= 0.3 is 0 Å². The molecule has 0 aliphatic carbocycles. The van der Waals surface area contributed by atoms with E-state index in [1.54, 1.807) is 18.5 Å². The quantitative estimate of drug-likeness (QED) is 0.382. The van der Waals surface area contributed by atoms with Crippen molar-refractivity contribution in [1.82, 2.24) is 4.90 Å². The highest BCUT2D eigenvalue weighted by atomic mass is 35.5. The van der Waals surface area contributed by atoms with E-state index < -0.39 is 0 Å². The van der Waals surface area contributed by atoms with E-state index in [4.69, 9.17) is 22.5 Å². The number of amidine groups is 1. The second kappa shape index (κ2) is 5.88. The van der Waals surface area contributed by atoms with Gasteiger partial charge in [0.15, 0.2) is 0 Å². The summed E-state index contributed by atoms with van der Waals surface area (Å²) >= 11 is 7.18. The van der Waals surface area contributed by atoms with Crippen molar-refractivity contribution < 1.29 is 10.0 Å². The fourth-order valence-electron chi connectivity index (χ4n) is 1.29. The van der Waals surface area contributed by atoms with Gasteiger partial charge in [-0.3, -0.25) is 4.79 Å². The topological polar surface area (TPSA) is 78.9 Å². The van der Waals surface area contributed by atoms with Crippen LogP contribution in [0, 0.1) is 0 Å². The van der Waals surface area contributed by atoms with E-state index in [1.165, 1.54) is 16.2 Å². The van der Waals surface area contributed by atoms with Crippen LogP contribution in [0.5, 0.6) is 0 Å². The summed E-state index contributed by atoms with van der Waals surface area (Å²) in [6, 6.07) is 1.51. The van der Waals surface area contributed by atoms with Crippen molar-refractivity contribution in [2.75, 3.05) is 7.05 Å². The van der Waals surface area contributed by atoms with Crippen molar-refractivity contribution in [3.8, 4) is 0 Å². The maximum atomic E-state index is 12.0. The molecule has 0 fully saturated rings. The third-order valence-corrected chi connectivity index (χ3v) is 3.76. The Kier molecular flexibility index (Phi) is 4.77. The summed E-state index contributed by atoms with van der Waals surface area (Å²) in [5.41, 5.74) is 5.40. The van der Waals surface area contributed by atoms with Crippen LogP contribution in [-0.4, -0.2) is 34.9 Å². The number of carbonyl (C=O) groups excluding carboxylic acids is 1. The maximum absolute atomic E-state index is 12.0. The van der Waals surface area contributed by atoms with E-state index in [0.717, 1.165) is 0 Å². The average Bonchev–Trinajstić information content (AvgIpc) is 2.73. The molecule has 1 atom stereocenters. The molecule has 0 aromatic carbocycles. The van der Waals surface area contributed by atoms with Gasteiger partial charge < -0.3 is 15.8 Å². The number of hydrogen-bond donors (Lipinski definition) is 2. The fraction of sp³-hybridized carbons (Fsp3) is 0.400. The highest BCUT2D eigenvalue weighted by molar-refractivity contribution is 7.12. The molecule has 0 saturated heterocycles. The first-order valence-corrected chi connectivity index (χ1v) is 6.19. The summed E-state index contributed by atoms with van der Waals surface area (Å²) < 4.78 is 0. The zero-order valence-electron chi connectivity index (χ0n) is 9.55. The van der Waals surface area contributed by atoms with E-state index >= 15 is 0 Å². The van der Waals surface area contributed by atoms with Crippen LogP contribution in [0.4, 0.5) is 0 Å². The lowest BCUT2D eigenvalue weighted by Gasteiger charge is -2.24. The second-order valence-corrected chi connectivity index (χ2v) is 4.98. The largest absolute Gasteiger partial charge is 0.409 e. The molecule has 0 radical (unpaired) electrons. The lowest BCUT2D eigenvalue weighted by molar-refractivity contribution is 0.0752. The van der Waals surface area contributed by atoms with Gasteiger partial charge in [0, 0.05) is 19.5 Å². The van der Waals surface area contributed by atoms with Gasteiger partial charge in [-0.25, -0.2) is 0 Å². The molecular formula is C10H14ClN3O2S. The van der Waals surface area contributed by atoms with Crippen LogP contribution in [0.2, 0.25) is 5.02 Å². The second-order valence-electron chi connectivity index (χ2n) is 3.66. The van der Waals surface area contributed by atoms with Crippen LogP contribution in [0.15, 0.2) is 16.6 Å². The van der Waals surface area contributed by atoms with E-state index in [9.17, 15) is 4.79 Å². The molecule has 7 heteroatoms. The number of amides is 1.